The van der Waals surface area contributed by atoms with E-state index in [1.54, 1.807) is 24.3 Å². The maximum absolute atomic E-state index is 12.4. The fourth-order valence-corrected chi connectivity index (χ4v) is 3.41. The van der Waals surface area contributed by atoms with E-state index in [0.29, 0.717) is 6.42 Å². The van der Waals surface area contributed by atoms with Gasteiger partial charge in [0.05, 0.1) is 4.90 Å². The molecule has 0 spiro atoms. The van der Waals surface area contributed by atoms with E-state index in [1.165, 1.54) is 0 Å². The van der Waals surface area contributed by atoms with Crippen LogP contribution >= 0.6 is 0 Å². The normalized spacial score (nSPS) is 12.6. The summed E-state index contributed by atoms with van der Waals surface area (Å²) in [5.74, 6) is 0. The number of aryl methyl sites for hydroxylation is 1. The first-order chi connectivity index (χ1) is 10.5. The van der Waals surface area contributed by atoms with Gasteiger partial charge in [-0.2, -0.15) is 0 Å². The Kier molecular flexibility index (Phi) is 7.95. The van der Waals surface area contributed by atoms with Gasteiger partial charge in [-0.25, -0.2) is 13.1 Å². The van der Waals surface area contributed by atoms with E-state index in [1.807, 2.05) is 6.92 Å². The molecular weight excluding hydrogens is 300 g/mol. The zero-order valence-electron chi connectivity index (χ0n) is 13.2. The maximum atomic E-state index is 12.4. The van der Waals surface area contributed by atoms with Crippen molar-refractivity contribution >= 4 is 10.0 Å². The van der Waals surface area contributed by atoms with Gasteiger partial charge in [0.15, 0.2) is 0 Å². The molecule has 0 amide bonds. The second kappa shape index (κ2) is 9.46. The summed E-state index contributed by atoms with van der Waals surface area (Å²) in [6, 6.07) is 6.33. The van der Waals surface area contributed by atoms with Crippen molar-refractivity contribution in [1.29, 1.82) is 0 Å². The molecule has 0 fully saturated rings. The highest BCUT2D eigenvalue weighted by Gasteiger charge is 2.19. The average molecular weight is 324 g/mol. The molecule has 0 saturated heterocycles. The predicted octanol–water partition coefficient (Wildman–Crippen LogP) is 3.92. The van der Waals surface area contributed by atoms with E-state index in [2.05, 4.69) is 21.7 Å². The molecule has 0 radical (unpaired) electrons. The highest BCUT2D eigenvalue weighted by Crippen LogP contribution is 2.13. The standard InChI is InChI=1S/C15H24N4O2S/c1-3-4-5-6-7-14(12-17-19-16)18-22(20,21)15-10-8-13(2)9-11-15/h8-11,14,18H,3-7,12H2,1-2H3/t14-/m1/s1. The zero-order chi connectivity index (χ0) is 16.4. The van der Waals surface area contributed by atoms with Crippen LogP contribution in [0.4, 0.5) is 0 Å². The molecule has 122 valence electrons. The minimum Gasteiger partial charge on any atom is -0.208 e. The topological polar surface area (TPSA) is 94.9 Å². The van der Waals surface area contributed by atoms with Gasteiger partial charge in [-0.15, -0.1) is 0 Å². The molecule has 1 aromatic carbocycles. The summed E-state index contributed by atoms with van der Waals surface area (Å²) >= 11 is 0. The van der Waals surface area contributed by atoms with Crippen molar-refractivity contribution in [2.75, 3.05) is 6.54 Å². The second-order valence-electron chi connectivity index (χ2n) is 5.39. The molecule has 1 atom stereocenters. The van der Waals surface area contributed by atoms with Crippen LogP contribution < -0.4 is 4.72 Å². The summed E-state index contributed by atoms with van der Waals surface area (Å²) in [5, 5.41) is 3.52. The first-order valence-corrected chi connectivity index (χ1v) is 9.07. The predicted molar refractivity (Wildman–Crippen MR) is 88.1 cm³/mol. The van der Waals surface area contributed by atoms with E-state index in [4.69, 9.17) is 5.53 Å². The molecule has 0 saturated carbocycles. The first kappa shape index (κ1) is 18.5. The van der Waals surface area contributed by atoms with Crippen LogP contribution in [0.3, 0.4) is 0 Å². The maximum Gasteiger partial charge on any atom is 0.240 e. The SMILES string of the molecule is CCCCCC[C@H](CN=[N+]=[N-])NS(=O)(=O)c1ccc(C)cc1. The summed E-state index contributed by atoms with van der Waals surface area (Å²) in [5.41, 5.74) is 9.46. The summed E-state index contributed by atoms with van der Waals surface area (Å²) in [6.07, 6.45) is 4.88. The van der Waals surface area contributed by atoms with Crippen molar-refractivity contribution in [3.63, 3.8) is 0 Å². The Morgan fingerprint density at radius 1 is 1.23 bits per heavy atom. The number of nitrogens with zero attached hydrogens (tertiary/aromatic N) is 3. The molecule has 1 aromatic rings. The van der Waals surface area contributed by atoms with Gasteiger partial charge in [0.2, 0.25) is 10.0 Å². The molecule has 1 rings (SSSR count). The Balaban J connectivity index is 2.73. The Bertz CT molecular complexity index is 592. The number of sulfonamides is 1. The fraction of sp³-hybridized carbons (Fsp3) is 0.600. The Labute approximate surface area is 132 Å². The Hall–Kier alpha value is -1.56. The van der Waals surface area contributed by atoms with Gasteiger partial charge in [-0.3, -0.25) is 0 Å². The minimum absolute atomic E-state index is 0.133. The fourth-order valence-electron chi connectivity index (χ4n) is 2.14. The first-order valence-electron chi connectivity index (χ1n) is 7.59. The van der Waals surface area contributed by atoms with Crippen molar-refractivity contribution in [3.8, 4) is 0 Å². The van der Waals surface area contributed by atoms with Crippen LogP contribution in [0.5, 0.6) is 0 Å². The molecule has 0 aliphatic carbocycles. The van der Waals surface area contributed by atoms with Crippen molar-refractivity contribution < 1.29 is 8.42 Å². The lowest BCUT2D eigenvalue weighted by Crippen LogP contribution is -2.36. The van der Waals surface area contributed by atoms with Gasteiger partial charge in [0.25, 0.3) is 0 Å². The number of hydrogen-bond acceptors (Lipinski definition) is 3. The van der Waals surface area contributed by atoms with Crippen LogP contribution in [0.2, 0.25) is 0 Å². The average Bonchev–Trinajstić information content (AvgIpc) is 2.49. The van der Waals surface area contributed by atoms with Crippen LogP contribution in [0.1, 0.15) is 44.6 Å². The van der Waals surface area contributed by atoms with E-state index < -0.39 is 10.0 Å². The minimum atomic E-state index is -3.58. The summed E-state index contributed by atoms with van der Waals surface area (Å²) in [6.45, 7) is 4.16. The molecule has 1 N–H and O–H groups in total. The lowest BCUT2D eigenvalue weighted by atomic mass is 10.1. The van der Waals surface area contributed by atoms with Gasteiger partial charge >= 0.3 is 0 Å². The third-order valence-electron chi connectivity index (χ3n) is 3.42. The zero-order valence-corrected chi connectivity index (χ0v) is 14.0. The van der Waals surface area contributed by atoms with Gasteiger partial charge in [0, 0.05) is 17.5 Å². The Morgan fingerprint density at radius 2 is 1.91 bits per heavy atom. The highest BCUT2D eigenvalue weighted by molar-refractivity contribution is 7.89. The molecule has 0 bridgehead atoms. The lowest BCUT2D eigenvalue weighted by molar-refractivity contribution is 0.504. The molecule has 0 aromatic heterocycles. The monoisotopic (exact) mass is 324 g/mol. The number of unbranched alkanes of at least 4 members (excludes halogenated alkanes) is 3. The third kappa shape index (κ3) is 6.47. The van der Waals surface area contributed by atoms with Crippen LogP contribution in [-0.4, -0.2) is 21.0 Å². The molecule has 6 nitrogen and oxygen atoms in total. The molecule has 0 unspecified atom stereocenters. The van der Waals surface area contributed by atoms with E-state index in [0.717, 1.165) is 31.2 Å². The smallest absolute Gasteiger partial charge is 0.208 e. The highest BCUT2D eigenvalue weighted by atomic mass is 32.2. The summed E-state index contributed by atoms with van der Waals surface area (Å²) in [4.78, 5) is 2.96. The number of nitrogens with one attached hydrogen (secondary N) is 1. The van der Waals surface area contributed by atoms with Crippen molar-refractivity contribution in [2.45, 2.75) is 56.9 Å². The van der Waals surface area contributed by atoms with E-state index in [-0.39, 0.29) is 17.5 Å². The molecule has 7 heteroatoms. The van der Waals surface area contributed by atoms with Crippen LogP contribution in [0, 0.1) is 6.92 Å². The molecule has 0 heterocycles. The van der Waals surface area contributed by atoms with Crippen molar-refractivity contribution in [1.82, 2.24) is 4.72 Å². The number of azide groups is 1. The summed E-state index contributed by atoms with van der Waals surface area (Å²) < 4.78 is 27.4. The third-order valence-corrected chi connectivity index (χ3v) is 4.96. The molecule has 0 aliphatic rings. The molecule has 0 aliphatic heterocycles. The van der Waals surface area contributed by atoms with Gasteiger partial charge in [-0.05, 0) is 31.0 Å². The molecule has 22 heavy (non-hydrogen) atoms. The summed E-state index contributed by atoms with van der Waals surface area (Å²) in [7, 11) is -3.58. The largest absolute Gasteiger partial charge is 0.240 e. The van der Waals surface area contributed by atoms with Crippen molar-refractivity contribution in [3.05, 3.63) is 40.3 Å². The second-order valence-corrected chi connectivity index (χ2v) is 7.11. The molecular formula is C15H24N4O2S. The number of benzene rings is 1. The van der Waals surface area contributed by atoms with Gasteiger partial charge < -0.3 is 0 Å². The quantitative estimate of drug-likeness (QED) is 0.305. The van der Waals surface area contributed by atoms with Gasteiger partial charge in [0.1, 0.15) is 0 Å². The lowest BCUT2D eigenvalue weighted by Gasteiger charge is -2.17. The Morgan fingerprint density at radius 3 is 2.50 bits per heavy atom. The van der Waals surface area contributed by atoms with Crippen LogP contribution in [0.25, 0.3) is 10.4 Å². The van der Waals surface area contributed by atoms with E-state index >= 15 is 0 Å². The van der Waals surface area contributed by atoms with Crippen LogP contribution in [0.15, 0.2) is 34.3 Å². The number of rotatable bonds is 10. The van der Waals surface area contributed by atoms with Crippen LogP contribution in [-0.2, 0) is 10.0 Å². The van der Waals surface area contributed by atoms with Crippen molar-refractivity contribution in [2.24, 2.45) is 5.11 Å². The van der Waals surface area contributed by atoms with E-state index in [9.17, 15) is 8.42 Å². The van der Waals surface area contributed by atoms with Gasteiger partial charge in [-0.1, -0.05) is 55.4 Å². The number of hydrogen-bond donors (Lipinski definition) is 1.